The quantitative estimate of drug-likeness (QED) is 0.626. The number of nitrogens with zero attached hydrogens (tertiary/aromatic N) is 3. The molecule has 10 heteroatoms. The minimum atomic E-state index is -3.95. The van der Waals surface area contributed by atoms with Crippen molar-refractivity contribution in [2.45, 2.75) is 31.6 Å². The van der Waals surface area contributed by atoms with Crippen molar-refractivity contribution in [3.8, 4) is 17.1 Å². The Bertz CT molecular complexity index is 1170. The monoisotopic (exact) mass is 410 g/mol. The number of benzene rings is 1. The zero-order valence-electron chi connectivity index (χ0n) is 15.1. The van der Waals surface area contributed by atoms with Gasteiger partial charge in [0.05, 0.1) is 22.8 Å². The fourth-order valence-electron chi connectivity index (χ4n) is 2.91. The predicted molar refractivity (Wildman–Crippen MR) is 103 cm³/mol. The number of rotatable bonds is 6. The molecule has 0 saturated heterocycles. The fraction of sp³-hybridized carbons (Fsp3) is 0.353. The summed E-state index contributed by atoms with van der Waals surface area (Å²) >= 11 is 0. The molecule has 0 radical (unpaired) electrons. The minimum Gasteiger partial charge on any atom is -0.493 e. The van der Waals surface area contributed by atoms with Crippen molar-refractivity contribution in [3.63, 3.8) is 0 Å². The molecular weight excluding hydrogens is 392 g/mol. The normalized spacial score (nSPS) is 11.9. The number of hydrogen-bond donors (Lipinski definition) is 1. The molecule has 0 fully saturated rings. The topological polar surface area (TPSA) is 107 Å². The number of ether oxygens (including phenoxy) is 1. The molecule has 0 bridgehead atoms. The summed E-state index contributed by atoms with van der Waals surface area (Å²) in [5.74, 6) is 0.591. The van der Waals surface area contributed by atoms with Gasteiger partial charge in [0.2, 0.25) is 0 Å². The van der Waals surface area contributed by atoms with E-state index in [0.717, 1.165) is 6.42 Å². The third-order valence-corrected chi connectivity index (χ3v) is 5.39. The highest BCUT2D eigenvalue weighted by molar-refractivity contribution is 8.13. The molecule has 8 nitrogen and oxygen atoms in total. The van der Waals surface area contributed by atoms with Gasteiger partial charge in [-0.25, -0.2) is 13.4 Å². The van der Waals surface area contributed by atoms with E-state index in [9.17, 15) is 13.2 Å². The largest absolute Gasteiger partial charge is 0.493 e. The lowest BCUT2D eigenvalue weighted by Crippen LogP contribution is -2.13. The van der Waals surface area contributed by atoms with Gasteiger partial charge in [-0.2, -0.15) is 5.10 Å². The number of nitrogens with one attached hydrogen (secondary N) is 1. The minimum absolute atomic E-state index is 0.106. The number of aromatic amines is 1. The van der Waals surface area contributed by atoms with Crippen LogP contribution in [0.5, 0.6) is 5.75 Å². The number of aryl methyl sites for hydroxylation is 2. The summed E-state index contributed by atoms with van der Waals surface area (Å²) in [6.07, 6.45) is 1.52. The lowest BCUT2D eigenvalue weighted by molar-refractivity contribution is 0.341. The maximum atomic E-state index is 12.6. The molecule has 144 valence electrons. The molecule has 2 heterocycles. The van der Waals surface area contributed by atoms with Crippen molar-refractivity contribution in [1.82, 2.24) is 19.7 Å². The van der Waals surface area contributed by atoms with Crippen molar-refractivity contribution >= 4 is 30.8 Å². The van der Waals surface area contributed by atoms with E-state index >= 15 is 0 Å². The first-order chi connectivity index (χ1) is 12.8. The van der Waals surface area contributed by atoms with Crippen LogP contribution in [0.1, 0.15) is 26.0 Å². The van der Waals surface area contributed by atoms with E-state index in [1.54, 1.807) is 14.0 Å². The van der Waals surface area contributed by atoms with Crippen LogP contribution in [0.4, 0.5) is 0 Å². The molecule has 2 aromatic heterocycles. The highest BCUT2D eigenvalue weighted by atomic mass is 35.7. The van der Waals surface area contributed by atoms with Crippen LogP contribution in [0.3, 0.4) is 0 Å². The number of aromatic nitrogens is 4. The van der Waals surface area contributed by atoms with Gasteiger partial charge in [-0.3, -0.25) is 9.48 Å². The van der Waals surface area contributed by atoms with Crippen LogP contribution in [-0.2, 0) is 22.5 Å². The SMILES string of the molecule is CCCc1nn(C)c2c(=O)[nH]c(-c3cc(S(=O)(=O)Cl)ccc3OCC)nc12. The van der Waals surface area contributed by atoms with Gasteiger partial charge in [0.25, 0.3) is 14.6 Å². The van der Waals surface area contributed by atoms with Crippen LogP contribution >= 0.6 is 10.7 Å². The third kappa shape index (κ3) is 3.70. The maximum Gasteiger partial charge on any atom is 0.277 e. The second kappa shape index (κ2) is 7.32. The van der Waals surface area contributed by atoms with E-state index in [2.05, 4.69) is 15.1 Å². The van der Waals surface area contributed by atoms with Crippen molar-refractivity contribution in [3.05, 3.63) is 34.2 Å². The molecule has 1 aromatic carbocycles. The van der Waals surface area contributed by atoms with Gasteiger partial charge in [0.15, 0.2) is 5.52 Å². The lowest BCUT2D eigenvalue weighted by atomic mass is 10.1. The molecule has 27 heavy (non-hydrogen) atoms. The van der Waals surface area contributed by atoms with Crippen molar-refractivity contribution in [2.75, 3.05) is 6.61 Å². The maximum absolute atomic E-state index is 12.6. The molecule has 0 aliphatic rings. The molecule has 0 amide bonds. The van der Waals surface area contributed by atoms with Crippen LogP contribution in [-0.4, -0.2) is 34.8 Å². The highest BCUT2D eigenvalue weighted by Gasteiger charge is 2.20. The van der Waals surface area contributed by atoms with Crippen LogP contribution in [0.2, 0.25) is 0 Å². The summed E-state index contributed by atoms with van der Waals surface area (Å²) in [4.78, 5) is 19.8. The summed E-state index contributed by atoms with van der Waals surface area (Å²) in [7, 11) is 3.20. The van der Waals surface area contributed by atoms with E-state index < -0.39 is 9.05 Å². The van der Waals surface area contributed by atoms with Crippen LogP contribution in [0, 0.1) is 0 Å². The molecule has 3 aromatic rings. The first kappa shape index (κ1) is 19.4. The van der Waals surface area contributed by atoms with E-state index in [4.69, 9.17) is 15.4 Å². The average Bonchev–Trinajstić information content (AvgIpc) is 2.91. The molecule has 1 N–H and O–H groups in total. The van der Waals surface area contributed by atoms with Gasteiger partial charge < -0.3 is 9.72 Å². The Balaban J connectivity index is 2.31. The van der Waals surface area contributed by atoms with E-state index in [-0.39, 0.29) is 16.3 Å². The number of H-pyrrole nitrogens is 1. The second-order valence-corrected chi connectivity index (χ2v) is 8.53. The first-order valence-corrected chi connectivity index (χ1v) is 10.7. The summed E-state index contributed by atoms with van der Waals surface area (Å²) in [5.41, 5.74) is 1.53. The van der Waals surface area contributed by atoms with E-state index in [1.165, 1.54) is 22.9 Å². The van der Waals surface area contributed by atoms with Crippen molar-refractivity contribution in [2.24, 2.45) is 7.05 Å². The Morgan fingerprint density at radius 3 is 2.67 bits per heavy atom. The van der Waals surface area contributed by atoms with Gasteiger partial charge >= 0.3 is 0 Å². The van der Waals surface area contributed by atoms with Gasteiger partial charge in [0, 0.05) is 17.7 Å². The second-order valence-electron chi connectivity index (χ2n) is 5.96. The number of hydrogen-bond acceptors (Lipinski definition) is 6. The summed E-state index contributed by atoms with van der Waals surface area (Å²) in [5, 5.41) is 4.38. The van der Waals surface area contributed by atoms with Crippen molar-refractivity contribution < 1.29 is 13.2 Å². The molecular formula is C17H19ClN4O4S. The van der Waals surface area contributed by atoms with Gasteiger partial charge in [-0.15, -0.1) is 0 Å². The average molecular weight is 411 g/mol. The van der Waals surface area contributed by atoms with Gasteiger partial charge in [-0.05, 0) is 31.5 Å². The molecule has 0 aliphatic carbocycles. The Labute approximate surface area is 160 Å². The molecule has 0 unspecified atom stereocenters. The molecule has 0 aliphatic heterocycles. The predicted octanol–water partition coefficient (Wildman–Crippen LogP) is 2.60. The van der Waals surface area contributed by atoms with Crippen LogP contribution < -0.4 is 10.3 Å². The smallest absolute Gasteiger partial charge is 0.277 e. The zero-order valence-corrected chi connectivity index (χ0v) is 16.7. The van der Waals surface area contributed by atoms with Crippen LogP contribution in [0.15, 0.2) is 27.9 Å². The number of fused-ring (bicyclic) bond motifs is 1. The Hall–Kier alpha value is -2.39. The summed E-state index contributed by atoms with van der Waals surface area (Å²) in [6.45, 7) is 4.17. The van der Waals surface area contributed by atoms with Gasteiger partial charge in [-0.1, -0.05) is 13.3 Å². The summed E-state index contributed by atoms with van der Waals surface area (Å²) < 4.78 is 30.5. The standard InChI is InChI=1S/C17H19ClN4O4S/c1-4-6-12-14-15(22(3)21-12)17(23)20-16(19-14)11-9-10(27(18,24)25)7-8-13(11)26-5-2/h7-9H,4-6H2,1-3H3,(H,19,20,23). The highest BCUT2D eigenvalue weighted by Crippen LogP contribution is 2.32. The first-order valence-electron chi connectivity index (χ1n) is 8.44. The Kier molecular flexibility index (Phi) is 5.25. The Morgan fingerprint density at radius 1 is 1.30 bits per heavy atom. The van der Waals surface area contributed by atoms with E-state index in [0.29, 0.717) is 41.1 Å². The lowest BCUT2D eigenvalue weighted by Gasteiger charge is -2.11. The third-order valence-electron chi connectivity index (χ3n) is 4.04. The fourth-order valence-corrected chi connectivity index (χ4v) is 3.68. The molecule has 0 saturated carbocycles. The zero-order chi connectivity index (χ0) is 19.8. The molecule has 0 atom stereocenters. The summed E-state index contributed by atoms with van der Waals surface area (Å²) in [6, 6.07) is 4.18. The Morgan fingerprint density at radius 2 is 2.04 bits per heavy atom. The van der Waals surface area contributed by atoms with Crippen molar-refractivity contribution in [1.29, 1.82) is 0 Å². The number of halogens is 1. The van der Waals surface area contributed by atoms with Gasteiger partial charge in [0.1, 0.15) is 17.1 Å². The van der Waals surface area contributed by atoms with Crippen LogP contribution in [0.25, 0.3) is 22.4 Å². The van der Waals surface area contributed by atoms with E-state index in [1.807, 2.05) is 6.92 Å². The molecule has 0 spiro atoms. The molecule has 3 rings (SSSR count).